The average Bonchev–Trinajstić information content (AvgIpc) is 3.26. The van der Waals surface area contributed by atoms with Crippen LogP contribution in [0.3, 0.4) is 0 Å². The zero-order valence-electron chi connectivity index (χ0n) is 16.0. The Bertz CT molecular complexity index is 1020. The Morgan fingerprint density at radius 1 is 1.38 bits per heavy atom. The van der Waals surface area contributed by atoms with Crippen LogP contribution in [0.15, 0.2) is 47.2 Å². The van der Waals surface area contributed by atoms with Crippen LogP contribution in [-0.2, 0) is 4.79 Å². The van der Waals surface area contributed by atoms with E-state index in [1.54, 1.807) is 12.1 Å². The number of nitrogens with two attached hydrogens (primary N) is 1. The standard InChI is InChI=1S/C20H21N7O2/c1-23-16(19(28)29)11-18(22)26-20-24-7-6-15(25-20)13-4-5-17(14(10-13)12-21)27-8-2-3-9-27/h4-7,10-11,23H,2-3,8-9H2,1H3,(H,28,29)(H2,22,24,25,26)/b16-11-. The van der Waals surface area contributed by atoms with Gasteiger partial charge in [-0.05, 0) is 31.0 Å². The summed E-state index contributed by atoms with van der Waals surface area (Å²) in [6.07, 6.45) is 4.99. The zero-order chi connectivity index (χ0) is 20.8. The molecule has 1 saturated heterocycles. The molecule has 0 atom stereocenters. The highest BCUT2D eigenvalue weighted by molar-refractivity contribution is 6.00. The molecule has 1 aromatic carbocycles. The van der Waals surface area contributed by atoms with Crippen LogP contribution in [0.4, 0.5) is 11.6 Å². The second-order valence-corrected chi connectivity index (χ2v) is 6.43. The molecule has 0 bridgehead atoms. The fourth-order valence-electron chi connectivity index (χ4n) is 3.12. The number of nitrogens with one attached hydrogen (secondary N) is 1. The summed E-state index contributed by atoms with van der Waals surface area (Å²) in [7, 11) is 1.48. The Morgan fingerprint density at radius 3 is 2.79 bits per heavy atom. The quantitative estimate of drug-likeness (QED) is 0.384. The number of anilines is 1. The lowest BCUT2D eigenvalue weighted by molar-refractivity contribution is -0.133. The van der Waals surface area contributed by atoms with Crippen LogP contribution in [0, 0.1) is 11.3 Å². The average molecular weight is 391 g/mol. The lowest BCUT2D eigenvalue weighted by atomic mass is 10.1. The van der Waals surface area contributed by atoms with Gasteiger partial charge >= 0.3 is 5.97 Å². The Hall–Kier alpha value is -3.93. The molecule has 4 N–H and O–H groups in total. The molecule has 2 heterocycles. The second-order valence-electron chi connectivity index (χ2n) is 6.43. The van der Waals surface area contributed by atoms with Gasteiger partial charge in [-0.3, -0.25) is 0 Å². The van der Waals surface area contributed by atoms with E-state index in [2.05, 4.69) is 31.2 Å². The molecule has 1 aliphatic rings. The van der Waals surface area contributed by atoms with Gasteiger partial charge in [-0.15, -0.1) is 0 Å². The number of hydrogen-bond acceptors (Lipinski definition) is 7. The Labute approximate surface area is 168 Å². The van der Waals surface area contributed by atoms with E-state index in [0.29, 0.717) is 11.3 Å². The molecule has 0 unspecified atom stereocenters. The number of nitriles is 1. The molecule has 0 spiro atoms. The van der Waals surface area contributed by atoms with Crippen molar-refractivity contribution in [3.05, 3.63) is 47.8 Å². The molecule has 2 aromatic rings. The van der Waals surface area contributed by atoms with Crippen LogP contribution >= 0.6 is 0 Å². The van der Waals surface area contributed by atoms with E-state index in [-0.39, 0.29) is 17.5 Å². The number of amidine groups is 1. The van der Waals surface area contributed by atoms with Crippen LogP contribution < -0.4 is 16.0 Å². The monoisotopic (exact) mass is 391 g/mol. The molecule has 9 heteroatoms. The molecule has 0 radical (unpaired) electrons. The highest BCUT2D eigenvalue weighted by Gasteiger charge is 2.16. The van der Waals surface area contributed by atoms with Crippen molar-refractivity contribution in [3.8, 4) is 17.3 Å². The maximum Gasteiger partial charge on any atom is 0.352 e. The number of nitrogens with zero attached hydrogens (tertiary/aromatic N) is 5. The predicted octanol–water partition coefficient (Wildman–Crippen LogP) is 1.79. The maximum atomic E-state index is 11.0. The van der Waals surface area contributed by atoms with Crippen molar-refractivity contribution in [2.75, 3.05) is 25.0 Å². The van der Waals surface area contributed by atoms with Crippen LogP contribution in [0.2, 0.25) is 0 Å². The first-order chi connectivity index (χ1) is 14.0. The van der Waals surface area contributed by atoms with Gasteiger partial charge in [0.25, 0.3) is 5.95 Å². The first-order valence-corrected chi connectivity index (χ1v) is 9.11. The molecular formula is C20H21N7O2. The summed E-state index contributed by atoms with van der Waals surface area (Å²) in [5.41, 5.74) is 8.57. The molecule has 1 fully saturated rings. The summed E-state index contributed by atoms with van der Waals surface area (Å²) in [5.74, 6) is -1.10. The first kappa shape index (κ1) is 19.8. The van der Waals surface area contributed by atoms with Gasteiger partial charge in [0.15, 0.2) is 0 Å². The molecule has 1 aliphatic heterocycles. The Morgan fingerprint density at radius 2 is 2.14 bits per heavy atom. The van der Waals surface area contributed by atoms with Crippen molar-refractivity contribution in [2.45, 2.75) is 12.8 Å². The van der Waals surface area contributed by atoms with E-state index in [4.69, 9.17) is 10.8 Å². The fourth-order valence-corrected chi connectivity index (χ4v) is 3.12. The van der Waals surface area contributed by atoms with Crippen LogP contribution in [-0.4, -0.2) is 47.0 Å². The van der Waals surface area contributed by atoms with E-state index in [1.807, 2.05) is 12.1 Å². The van der Waals surface area contributed by atoms with E-state index in [1.165, 1.54) is 19.3 Å². The summed E-state index contributed by atoms with van der Waals surface area (Å²) in [6, 6.07) is 9.63. The SMILES string of the molecule is CN/C(=C\C(N)=N/c1nccc(-c2ccc(N3CCCC3)c(C#N)c2)n1)C(=O)O. The lowest BCUT2D eigenvalue weighted by Gasteiger charge is -2.19. The number of benzene rings is 1. The predicted molar refractivity (Wildman–Crippen MR) is 110 cm³/mol. The molecular weight excluding hydrogens is 370 g/mol. The van der Waals surface area contributed by atoms with Crippen molar-refractivity contribution >= 4 is 23.4 Å². The van der Waals surface area contributed by atoms with E-state index in [9.17, 15) is 10.1 Å². The fraction of sp³-hybridized carbons (Fsp3) is 0.250. The smallest absolute Gasteiger partial charge is 0.352 e. The zero-order valence-corrected chi connectivity index (χ0v) is 16.0. The number of aliphatic imine (C=N–C) groups is 1. The highest BCUT2D eigenvalue weighted by atomic mass is 16.4. The van der Waals surface area contributed by atoms with E-state index < -0.39 is 5.97 Å². The van der Waals surface area contributed by atoms with Crippen LogP contribution in [0.25, 0.3) is 11.3 Å². The molecule has 0 saturated carbocycles. The van der Waals surface area contributed by atoms with E-state index in [0.717, 1.165) is 37.2 Å². The molecule has 148 valence electrons. The molecule has 9 nitrogen and oxygen atoms in total. The third-order valence-corrected chi connectivity index (χ3v) is 4.52. The lowest BCUT2D eigenvalue weighted by Crippen LogP contribution is -2.19. The largest absolute Gasteiger partial charge is 0.477 e. The molecule has 29 heavy (non-hydrogen) atoms. The first-order valence-electron chi connectivity index (χ1n) is 9.11. The van der Waals surface area contributed by atoms with Crippen molar-refractivity contribution in [2.24, 2.45) is 10.7 Å². The number of hydrogen-bond donors (Lipinski definition) is 3. The Balaban J connectivity index is 1.90. The minimum Gasteiger partial charge on any atom is -0.477 e. The normalized spacial score (nSPS) is 14.6. The van der Waals surface area contributed by atoms with Crippen LogP contribution in [0.1, 0.15) is 18.4 Å². The third-order valence-electron chi connectivity index (χ3n) is 4.52. The highest BCUT2D eigenvalue weighted by Crippen LogP contribution is 2.29. The van der Waals surface area contributed by atoms with Gasteiger partial charge in [-0.2, -0.15) is 10.3 Å². The molecule has 0 aliphatic carbocycles. The van der Waals surface area contributed by atoms with Gasteiger partial charge in [0.05, 0.1) is 16.9 Å². The van der Waals surface area contributed by atoms with Gasteiger partial charge in [0.1, 0.15) is 17.6 Å². The minimum atomic E-state index is -1.15. The van der Waals surface area contributed by atoms with Crippen molar-refractivity contribution in [1.82, 2.24) is 15.3 Å². The minimum absolute atomic E-state index is 0.0454. The van der Waals surface area contributed by atoms with E-state index >= 15 is 0 Å². The number of aromatic nitrogens is 2. The number of carbonyl (C=O) groups is 1. The van der Waals surface area contributed by atoms with Gasteiger partial charge in [-0.25, -0.2) is 14.8 Å². The molecule has 0 amide bonds. The number of likely N-dealkylation sites (N-methyl/N-ethyl adjacent to an activating group) is 1. The summed E-state index contributed by atoms with van der Waals surface area (Å²) in [6.45, 7) is 1.91. The number of rotatable bonds is 6. The number of aliphatic carboxylic acids is 1. The summed E-state index contributed by atoms with van der Waals surface area (Å²) in [5, 5.41) is 21.1. The Kier molecular flexibility index (Phi) is 6.04. The van der Waals surface area contributed by atoms with Crippen molar-refractivity contribution < 1.29 is 9.90 Å². The number of carboxylic acid groups (broad SMARTS) is 1. The topological polar surface area (TPSA) is 141 Å². The van der Waals surface area contributed by atoms with Crippen molar-refractivity contribution in [1.29, 1.82) is 5.26 Å². The second kappa shape index (κ2) is 8.84. The van der Waals surface area contributed by atoms with Gasteiger partial charge in [0.2, 0.25) is 0 Å². The summed E-state index contributed by atoms with van der Waals surface area (Å²) in [4.78, 5) is 25.7. The van der Waals surface area contributed by atoms with Crippen LogP contribution in [0.5, 0.6) is 0 Å². The molecule has 3 rings (SSSR count). The number of carboxylic acids is 1. The van der Waals surface area contributed by atoms with Gasteiger partial charge in [-0.1, -0.05) is 6.07 Å². The van der Waals surface area contributed by atoms with Crippen molar-refractivity contribution in [3.63, 3.8) is 0 Å². The molecule has 1 aromatic heterocycles. The van der Waals surface area contributed by atoms with Gasteiger partial charge in [0, 0.05) is 38.0 Å². The maximum absolute atomic E-state index is 11.0. The third kappa shape index (κ3) is 4.68. The summed E-state index contributed by atoms with van der Waals surface area (Å²) >= 11 is 0. The summed E-state index contributed by atoms with van der Waals surface area (Å²) < 4.78 is 0. The van der Waals surface area contributed by atoms with Gasteiger partial charge < -0.3 is 21.1 Å².